The highest BCUT2D eigenvalue weighted by Crippen LogP contribution is 2.37. The molecule has 0 saturated carbocycles. The van der Waals surface area contributed by atoms with E-state index in [0.717, 1.165) is 5.57 Å². The monoisotopic (exact) mass is 351 g/mol. The van der Waals surface area contributed by atoms with Crippen molar-refractivity contribution in [3.63, 3.8) is 0 Å². The maximum Gasteiger partial charge on any atom is 0.336 e. The van der Waals surface area contributed by atoms with Crippen molar-refractivity contribution in [2.75, 3.05) is 26.3 Å². The predicted octanol–water partition coefficient (Wildman–Crippen LogP) is 1.37. The standard InChI is InChI=1S/C18H25NO6/c1-4-13(10-20)18(22)24-11-14-5-7-19(23)8-6-15(17(14)19)25-16(21)9-12(2)3/h4-5,9,15,17,20H,6-8,10-11H2,1-3H3. The Morgan fingerprint density at radius 2 is 2.16 bits per heavy atom. The molecule has 3 unspecified atom stereocenters. The second-order valence-electron chi connectivity index (χ2n) is 6.62. The quantitative estimate of drug-likeness (QED) is 0.255. The van der Waals surface area contributed by atoms with E-state index in [2.05, 4.69) is 0 Å². The van der Waals surface area contributed by atoms with Gasteiger partial charge in [-0.05, 0) is 26.8 Å². The molecule has 0 aromatic rings. The van der Waals surface area contributed by atoms with E-state index in [9.17, 15) is 14.8 Å². The Kier molecular flexibility index (Phi) is 6.16. The molecule has 0 aliphatic carbocycles. The number of esters is 2. The molecular weight excluding hydrogens is 326 g/mol. The number of hydrogen-bond donors (Lipinski definition) is 1. The molecule has 2 rings (SSSR count). The zero-order valence-electron chi connectivity index (χ0n) is 14.9. The molecule has 2 aliphatic rings. The normalized spacial score (nSPS) is 28.2. The summed E-state index contributed by atoms with van der Waals surface area (Å²) >= 11 is 0. The number of quaternary nitrogens is 1. The van der Waals surface area contributed by atoms with Gasteiger partial charge in [0.15, 0.2) is 12.1 Å². The molecular formula is C18H25NO6. The van der Waals surface area contributed by atoms with Gasteiger partial charge < -0.3 is 24.4 Å². The summed E-state index contributed by atoms with van der Waals surface area (Å²) in [6, 6.07) is -0.537. The van der Waals surface area contributed by atoms with Crippen LogP contribution >= 0.6 is 0 Å². The Hall–Kier alpha value is -1.96. The predicted molar refractivity (Wildman–Crippen MR) is 91.0 cm³/mol. The Labute approximate surface area is 147 Å². The lowest BCUT2D eigenvalue weighted by Gasteiger charge is -2.40. The molecule has 2 heterocycles. The molecule has 1 saturated heterocycles. The number of fused-ring (bicyclic) bond motifs is 1. The fraction of sp³-hybridized carbons (Fsp3) is 0.556. The van der Waals surface area contributed by atoms with Crippen LogP contribution in [0.4, 0.5) is 0 Å². The van der Waals surface area contributed by atoms with Crippen molar-refractivity contribution < 1.29 is 28.8 Å². The van der Waals surface area contributed by atoms with Crippen LogP contribution in [0, 0.1) is 5.21 Å². The maximum absolute atomic E-state index is 12.9. The lowest BCUT2D eigenvalue weighted by atomic mass is 10.0. The van der Waals surface area contributed by atoms with Crippen molar-refractivity contribution in [2.45, 2.75) is 39.3 Å². The van der Waals surface area contributed by atoms with Gasteiger partial charge in [0.2, 0.25) is 0 Å². The summed E-state index contributed by atoms with van der Waals surface area (Å²) in [6.07, 6.45) is 4.61. The van der Waals surface area contributed by atoms with Gasteiger partial charge in [0.1, 0.15) is 6.61 Å². The number of aliphatic hydroxyl groups excluding tert-OH is 1. The highest BCUT2D eigenvalue weighted by atomic mass is 16.6. The van der Waals surface area contributed by atoms with E-state index in [-0.39, 0.29) is 18.7 Å². The zero-order valence-corrected chi connectivity index (χ0v) is 14.9. The fourth-order valence-electron chi connectivity index (χ4n) is 3.29. The topological polar surface area (TPSA) is 95.9 Å². The fourth-order valence-corrected chi connectivity index (χ4v) is 3.29. The van der Waals surface area contributed by atoms with Crippen LogP contribution in [0.25, 0.3) is 0 Å². The van der Waals surface area contributed by atoms with Crippen molar-refractivity contribution in [3.05, 3.63) is 40.2 Å². The van der Waals surface area contributed by atoms with Crippen LogP contribution in [0.2, 0.25) is 0 Å². The lowest BCUT2D eigenvalue weighted by Crippen LogP contribution is -2.47. The minimum atomic E-state index is -0.613. The second-order valence-corrected chi connectivity index (χ2v) is 6.62. The molecule has 1 fully saturated rings. The number of rotatable bonds is 6. The van der Waals surface area contributed by atoms with Crippen LogP contribution < -0.4 is 0 Å². The smallest absolute Gasteiger partial charge is 0.336 e. The number of ether oxygens (including phenoxy) is 2. The van der Waals surface area contributed by atoms with E-state index in [1.807, 2.05) is 0 Å². The highest BCUT2D eigenvalue weighted by molar-refractivity contribution is 5.88. The van der Waals surface area contributed by atoms with E-state index < -0.39 is 35.3 Å². The minimum Gasteiger partial charge on any atom is -0.632 e. The van der Waals surface area contributed by atoms with Crippen molar-refractivity contribution in [1.82, 2.24) is 0 Å². The minimum absolute atomic E-state index is 0.0419. The molecule has 0 radical (unpaired) electrons. The first-order chi connectivity index (χ1) is 11.8. The Morgan fingerprint density at radius 3 is 2.76 bits per heavy atom. The molecule has 0 aromatic heterocycles. The summed E-state index contributed by atoms with van der Waals surface area (Å²) in [6.45, 7) is 5.43. The number of carbonyl (C=O) groups is 2. The highest BCUT2D eigenvalue weighted by Gasteiger charge is 2.50. The van der Waals surface area contributed by atoms with E-state index in [1.165, 1.54) is 12.2 Å². The van der Waals surface area contributed by atoms with E-state index in [1.54, 1.807) is 26.8 Å². The Bertz CT molecular complexity index is 631. The largest absolute Gasteiger partial charge is 0.632 e. The first-order valence-corrected chi connectivity index (χ1v) is 8.36. The van der Waals surface area contributed by atoms with Crippen molar-refractivity contribution >= 4 is 11.9 Å². The van der Waals surface area contributed by atoms with Gasteiger partial charge in [-0.3, -0.25) is 0 Å². The van der Waals surface area contributed by atoms with Crippen molar-refractivity contribution in [3.8, 4) is 0 Å². The van der Waals surface area contributed by atoms with E-state index >= 15 is 0 Å². The van der Waals surface area contributed by atoms with Gasteiger partial charge in [-0.1, -0.05) is 11.6 Å². The number of carbonyl (C=O) groups excluding carboxylic acids is 2. The van der Waals surface area contributed by atoms with Crippen LogP contribution in [0.1, 0.15) is 27.2 Å². The molecule has 2 aliphatic heterocycles. The van der Waals surface area contributed by atoms with Crippen LogP contribution in [0.15, 0.2) is 34.9 Å². The van der Waals surface area contributed by atoms with E-state index in [4.69, 9.17) is 14.6 Å². The SMILES string of the molecule is CC=C(CO)C(=O)OCC1=CC[N+]2([O-])CCC(OC(=O)C=C(C)C)C12. The summed E-state index contributed by atoms with van der Waals surface area (Å²) in [5.74, 6) is -1.07. The average Bonchev–Trinajstić information content (AvgIpc) is 3.02. The molecule has 1 N–H and O–H groups in total. The molecule has 7 heteroatoms. The number of hydrogen-bond acceptors (Lipinski definition) is 6. The van der Waals surface area contributed by atoms with Crippen LogP contribution in [0.5, 0.6) is 0 Å². The van der Waals surface area contributed by atoms with Crippen LogP contribution in [0.3, 0.4) is 0 Å². The van der Waals surface area contributed by atoms with Crippen LogP contribution in [-0.2, 0) is 19.1 Å². The van der Waals surface area contributed by atoms with Gasteiger partial charge in [-0.25, -0.2) is 9.59 Å². The number of nitrogens with zero attached hydrogens (tertiary/aromatic N) is 1. The second kappa shape index (κ2) is 7.95. The molecule has 0 amide bonds. The molecule has 0 aromatic carbocycles. The number of hydroxylamine groups is 3. The number of allylic oxidation sites excluding steroid dienone is 2. The molecule has 0 bridgehead atoms. The number of aliphatic hydroxyl groups is 1. The van der Waals surface area contributed by atoms with Gasteiger partial charge in [-0.2, -0.15) is 0 Å². The van der Waals surface area contributed by atoms with Gasteiger partial charge in [0, 0.05) is 18.1 Å². The van der Waals surface area contributed by atoms with Crippen molar-refractivity contribution in [1.29, 1.82) is 0 Å². The zero-order chi connectivity index (χ0) is 18.6. The maximum atomic E-state index is 12.9. The third kappa shape index (κ3) is 4.36. The first-order valence-electron chi connectivity index (χ1n) is 8.36. The summed E-state index contributed by atoms with van der Waals surface area (Å²) < 4.78 is 10.2. The first kappa shape index (κ1) is 19.4. The van der Waals surface area contributed by atoms with Crippen molar-refractivity contribution in [2.24, 2.45) is 0 Å². The molecule has 0 spiro atoms. The Balaban J connectivity index is 2.04. The van der Waals surface area contributed by atoms with Crippen LogP contribution in [-0.4, -0.2) is 60.1 Å². The molecule has 3 atom stereocenters. The average molecular weight is 351 g/mol. The van der Waals surface area contributed by atoms with Gasteiger partial charge >= 0.3 is 11.9 Å². The van der Waals surface area contributed by atoms with E-state index in [0.29, 0.717) is 18.5 Å². The van der Waals surface area contributed by atoms with Gasteiger partial charge in [0.05, 0.1) is 25.3 Å². The van der Waals surface area contributed by atoms with Gasteiger partial charge in [0.25, 0.3) is 0 Å². The molecule has 7 nitrogen and oxygen atoms in total. The third-order valence-electron chi connectivity index (χ3n) is 4.52. The molecule has 138 valence electrons. The third-order valence-corrected chi connectivity index (χ3v) is 4.52. The Morgan fingerprint density at radius 1 is 1.44 bits per heavy atom. The summed E-state index contributed by atoms with van der Waals surface area (Å²) in [5.41, 5.74) is 1.66. The summed E-state index contributed by atoms with van der Waals surface area (Å²) in [7, 11) is 0. The summed E-state index contributed by atoms with van der Waals surface area (Å²) in [4.78, 5) is 23.8. The van der Waals surface area contributed by atoms with Gasteiger partial charge in [-0.15, -0.1) is 0 Å². The lowest BCUT2D eigenvalue weighted by molar-refractivity contribution is -0.877. The molecule has 25 heavy (non-hydrogen) atoms. The summed E-state index contributed by atoms with van der Waals surface area (Å²) in [5, 5.41) is 22.0.